The minimum absolute atomic E-state index is 0.0520. The molecule has 1 aromatic carbocycles. The van der Waals surface area contributed by atoms with Crippen molar-refractivity contribution in [3.63, 3.8) is 0 Å². The van der Waals surface area contributed by atoms with Gasteiger partial charge < -0.3 is 5.11 Å². The molecule has 0 saturated carbocycles. The maximum Gasteiger partial charge on any atom is 0.353 e. The maximum absolute atomic E-state index is 12.2. The summed E-state index contributed by atoms with van der Waals surface area (Å²) in [4.78, 5) is 26.9. The van der Waals surface area contributed by atoms with Gasteiger partial charge in [-0.2, -0.15) is 0 Å². The van der Waals surface area contributed by atoms with E-state index >= 15 is 0 Å². The van der Waals surface area contributed by atoms with Crippen molar-refractivity contribution in [2.75, 3.05) is 0 Å². The number of β-lactam (4-membered cyclic amide) rings is 1. The van der Waals surface area contributed by atoms with Crippen molar-refractivity contribution in [3.05, 3.63) is 40.9 Å². The highest BCUT2D eigenvalue weighted by molar-refractivity contribution is 8.09. The van der Waals surface area contributed by atoms with Crippen LogP contribution in [0.3, 0.4) is 0 Å². The number of hydrogen-bond donors (Lipinski definition) is 1. The Morgan fingerprint density at radius 2 is 2.14 bits per heavy atom. The maximum atomic E-state index is 12.2. The lowest BCUT2D eigenvalue weighted by Gasteiger charge is -2.41. The molecular formula is C16H13NO3S2. The number of benzene rings is 1. The van der Waals surface area contributed by atoms with Crippen LogP contribution in [0.1, 0.15) is 18.2 Å². The standard InChI is InChI=1S/C16H13NO3S2/c1-2-9-14(18)17-12(16(19)20)13(22-15(9)17)11-7-8-5-3-4-6-10(8)21-11/h3-7,9,15H,2H2,1H3,(H,19,20)/t9-,15+/m0/s1. The number of amides is 1. The third-order valence-electron chi connectivity index (χ3n) is 4.14. The average Bonchev–Trinajstić information content (AvgIpc) is 3.06. The number of thioether (sulfide) groups is 1. The van der Waals surface area contributed by atoms with Crippen LogP contribution < -0.4 is 0 Å². The monoisotopic (exact) mass is 331 g/mol. The molecule has 4 rings (SSSR count). The van der Waals surface area contributed by atoms with Crippen LogP contribution in [0.25, 0.3) is 15.0 Å². The molecule has 22 heavy (non-hydrogen) atoms. The number of carbonyl (C=O) groups excluding carboxylic acids is 1. The first kappa shape index (κ1) is 13.8. The molecule has 1 amide bonds. The molecule has 0 radical (unpaired) electrons. The predicted octanol–water partition coefficient (Wildman–Crippen LogP) is 3.60. The molecule has 1 aromatic heterocycles. The Balaban J connectivity index is 1.83. The second-order valence-corrected chi connectivity index (χ2v) is 7.57. The summed E-state index contributed by atoms with van der Waals surface area (Å²) in [6.45, 7) is 1.97. The zero-order chi connectivity index (χ0) is 15.4. The second kappa shape index (κ2) is 4.86. The normalized spacial score (nSPS) is 23.9. The number of carbonyl (C=O) groups is 2. The van der Waals surface area contributed by atoms with Gasteiger partial charge in [0.05, 0.1) is 16.2 Å². The third kappa shape index (κ3) is 1.77. The van der Waals surface area contributed by atoms with Crippen LogP contribution in [-0.2, 0) is 9.59 Å². The molecule has 2 aromatic rings. The first-order valence-electron chi connectivity index (χ1n) is 7.08. The van der Waals surface area contributed by atoms with E-state index in [1.54, 1.807) is 11.3 Å². The fourth-order valence-electron chi connectivity index (χ4n) is 3.03. The van der Waals surface area contributed by atoms with E-state index in [-0.39, 0.29) is 22.9 Å². The summed E-state index contributed by atoms with van der Waals surface area (Å²) >= 11 is 3.09. The number of carboxylic acids is 1. The van der Waals surface area contributed by atoms with Crippen molar-refractivity contribution in [3.8, 4) is 0 Å². The number of fused-ring (bicyclic) bond motifs is 2. The zero-order valence-corrected chi connectivity index (χ0v) is 13.4. The lowest BCUT2D eigenvalue weighted by atomic mass is 9.94. The Kier molecular flexibility index (Phi) is 3.06. The number of nitrogens with zero attached hydrogens (tertiary/aromatic N) is 1. The molecule has 2 aliphatic heterocycles. The first-order chi connectivity index (χ1) is 10.6. The minimum Gasteiger partial charge on any atom is -0.477 e. The van der Waals surface area contributed by atoms with Gasteiger partial charge >= 0.3 is 5.97 Å². The summed E-state index contributed by atoms with van der Waals surface area (Å²) in [6.07, 6.45) is 0.750. The van der Waals surface area contributed by atoms with Gasteiger partial charge in [-0.15, -0.1) is 11.3 Å². The van der Waals surface area contributed by atoms with Gasteiger partial charge in [-0.1, -0.05) is 36.9 Å². The molecular weight excluding hydrogens is 318 g/mol. The lowest BCUT2D eigenvalue weighted by molar-refractivity contribution is -0.151. The van der Waals surface area contributed by atoms with E-state index in [9.17, 15) is 14.7 Å². The first-order valence-corrected chi connectivity index (χ1v) is 8.77. The molecule has 112 valence electrons. The van der Waals surface area contributed by atoms with Crippen LogP contribution in [0.4, 0.5) is 0 Å². The van der Waals surface area contributed by atoms with Gasteiger partial charge in [0.1, 0.15) is 5.70 Å². The van der Waals surface area contributed by atoms with Crippen LogP contribution >= 0.6 is 23.1 Å². The van der Waals surface area contributed by atoms with Crippen molar-refractivity contribution in [1.82, 2.24) is 4.90 Å². The summed E-state index contributed by atoms with van der Waals surface area (Å²) in [5, 5.41) is 10.6. The van der Waals surface area contributed by atoms with E-state index in [0.29, 0.717) is 0 Å². The molecule has 0 bridgehead atoms. The highest BCUT2D eigenvalue weighted by Gasteiger charge is 2.55. The fourth-order valence-corrected chi connectivity index (χ4v) is 5.80. The second-order valence-electron chi connectivity index (χ2n) is 5.36. The number of aliphatic carboxylic acids is 1. The summed E-state index contributed by atoms with van der Waals surface area (Å²) in [7, 11) is 0. The number of hydrogen-bond acceptors (Lipinski definition) is 4. The molecule has 0 spiro atoms. The topological polar surface area (TPSA) is 57.6 Å². The van der Waals surface area contributed by atoms with Crippen LogP contribution in [-0.4, -0.2) is 27.3 Å². The van der Waals surface area contributed by atoms with E-state index in [2.05, 4.69) is 0 Å². The predicted molar refractivity (Wildman–Crippen MR) is 88.4 cm³/mol. The van der Waals surface area contributed by atoms with Gasteiger partial charge in [-0.3, -0.25) is 9.69 Å². The molecule has 1 N–H and O–H groups in total. The summed E-state index contributed by atoms with van der Waals surface area (Å²) in [6, 6.07) is 10.0. The molecule has 4 nitrogen and oxygen atoms in total. The minimum atomic E-state index is -1.02. The SMILES string of the molecule is CC[C@H]1C(=O)N2C(C(=O)O)=C(c3cc4ccccc4s3)S[C@H]12. The fraction of sp³-hybridized carbons (Fsp3) is 0.250. The van der Waals surface area contributed by atoms with Gasteiger partial charge in [-0.05, 0) is 23.9 Å². The summed E-state index contributed by atoms with van der Waals surface area (Å²) in [5.41, 5.74) is 0.149. The summed E-state index contributed by atoms with van der Waals surface area (Å²) < 4.78 is 1.13. The highest BCUT2D eigenvalue weighted by Crippen LogP contribution is 2.55. The average molecular weight is 331 g/mol. The number of thiophene rings is 1. The van der Waals surface area contributed by atoms with Gasteiger partial charge in [-0.25, -0.2) is 4.79 Å². The van der Waals surface area contributed by atoms with Crippen LogP contribution in [0.5, 0.6) is 0 Å². The quantitative estimate of drug-likeness (QED) is 0.873. The Labute approximate surface area is 135 Å². The number of rotatable bonds is 3. The summed E-state index contributed by atoms with van der Waals surface area (Å²) in [5.74, 6) is -1.15. The Hall–Kier alpha value is -1.79. The van der Waals surface area contributed by atoms with Crippen molar-refractivity contribution in [2.45, 2.75) is 18.7 Å². The van der Waals surface area contributed by atoms with Crippen LogP contribution in [0, 0.1) is 5.92 Å². The van der Waals surface area contributed by atoms with Gasteiger partial charge in [0.2, 0.25) is 5.91 Å². The molecule has 3 heterocycles. The van der Waals surface area contributed by atoms with Crippen molar-refractivity contribution in [2.24, 2.45) is 5.92 Å². The van der Waals surface area contributed by atoms with Gasteiger partial charge in [0.25, 0.3) is 0 Å². The van der Waals surface area contributed by atoms with Crippen LogP contribution in [0.2, 0.25) is 0 Å². The van der Waals surface area contributed by atoms with E-state index in [1.165, 1.54) is 16.7 Å². The molecule has 1 saturated heterocycles. The van der Waals surface area contributed by atoms with E-state index in [0.717, 1.165) is 26.3 Å². The van der Waals surface area contributed by atoms with Crippen molar-refractivity contribution < 1.29 is 14.7 Å². The zero-order valence-electron chi connectivity index (χ0n) is 11.8. The highest BCUT2D eigenvalue weighted by atomic mass is 32.2. The number of carboxylic acid groups (broad SMARTS) is 1. The van der Waals surface area contributed by atoms with Crippen molar-refractivity contribution >= 4 is 50.0 Å². The lowest BCUT2D eigenvalue weighted by Crippen LogP contribution is -2.56. The Morgan fingerprint density at radius 1 is 1.36 bits per heavy atom. The smallest absolute Gasteiger partial charge is 0.353 e. The molecule has 0 aliphatic carbocycles. The Bertz CT molecular complexity index is 806. The molecule has 6 heteroatoms. The third-order valence-corrected chi connectivity index (χ3v) is 6.83. The van der Waals surface area contributed by atoms with Gasteiger partial charge in [0, 0.05) is 9.58 Å². The van der Waals surface area contributed by atoms with E-state index < -0.39 is 5.97 Å². The molecule has 1 fully saturated rings. The largest absolute Gasteiger partial charge is 0.477 e. The molecule has 0 unspecified atom stereocenters. The van der Waals surface area contributed by atoms with Crippen molar-refractivity contribution in [1.29, 1.82) is 0 Å². The van der Waals surface area contributed by atoms with Gasteiger partial charge in [0.15, 0.2) is 0 Å². The molecule has 2 atom stereocenters. The van der Waals surface area contributed by atoms with E-state index in [1.807, 2.05) is 37.3 Å². The Morgan fingerprint density at radius 3 is 2.82 bits per heavy atom. The van der Waals surface area contributed by atoms with E-state index in [4.69, 9.17) is 0 Å². The molecule has 2 aliphatic rings. The van der Waals surface area contributed by atoms with Crippen LogP contribution in [0.15, 0.2) is 36.0 Å².